The molecule has 0 N–H and O–H groups in total. The second-order valence-electron chi connectivity index (χ2n) is 2.25. The van der Waals surface area contributed by atoms with Gasteiger partial charge >= 0.3 is 0 Å². The van der Waals surface area contributed by atoms with Gasteiger partial charge in [0, 0.05) is 6.42 Å². The van der Waals surface area contributed by atoms with Gasteiger partial charge in [-0.3, -0.25) is 9.68 Å². The number of rotatable bonds is 4. The Hall–Kier alpha value is -0.580. The molecule has 0 bridgehead atoms. The Morgan fingerprint density at radius 1 is 1.55 bits per heavy atom. The first-order chi connectivity index (χ1) is 5.36. The van der Waals surface area contributed by atoms with Gasteiger partial charge in [0.05, 0.1) is 27.0 Å². The zero-order chi connectivity index (χ0) is 8.10. The van der Waals surface area contributed by atoms with Crippen LogP contribution in [0.5, 0.6) is 0 Å². The van der Waals surface area contributed by atoms with Crippen LogP contribution in [0.3, 0.4) is 0 Å². The van der Waals surface area contributed by atoms with Crippen molar-refractivity contribution in [3.05, 3.63) is 12.3 Å². The molecule has 1 aliphatic rings. The number of ether oxygens (including phenoxy) is 1. The highest BCUT2D eigenvalue weighted by molar-refractivity contribution is 4.86. The second kappa shape index (κ2) is 4.33. The summed E-state index contributed by atoms with van der Waals surface area (Å²) in [5.41, 5.74) is 0. The monoisotopic (exact) mass is 159 g/mol. The van der Waals surface area contributed by atoms with Crippen LogP contribution >= 0.6 is 0 Å². The lowest BCUT2D eigenvalue weighted by molar-refractivity contribution is -0.348. The van der Waals surface area contributed by atoms with Crippen LogP contribution in [0.2, 0.25) is 0 Å². The highest BCUT2D eigenvalue weighted by Gasteiger charge is 2.15. The Labute approximate surface area is 66.2 Å². The van der Waals surface area contributed by atoms with E-state index in [2.05, 4.69) is 0 Å². The maximum Gasteiger partial charge on any atom is 0.119 e. The van der Waals surface area contributed by atoms with Crippen molar-refractivity contribution in [2.75, 3.05) is 20.8 Å². The van der Waals surface area contributed by atoms with E-state index in [0.29, 0.717) is 6.54 Å². The third-order valence-electron chi connectivity index (χ3n) is 1.53. The number of hydrogen-bond donors (Lipinski definition) is 0. The SMILES string of the molecule is CON(CC1CC=CO1)OC. The first-order valence-electron chi connectivity index (χ1n) is 3.53. The summed E-state index contributed by atoms with van der Waals surface area (Å²) in [6.45, 7) is 0.625. The molecule has 0 saturated carbocycles. The van der Waals surface area contributed by atoms with Gasteiger partial charge in [0.2, 0.25) is 0 Å². The molecule has 1 rings (SSSR count). The molecule has 0 spiro atoms. The predicted molar refractivity (Wildman–Crippen MR) is 39.4 cm³/mol. The van der Waals surface area contributed by atoms with E-state index in [1.54, 1.807) is 20.5 Å². The number of hydroxylamine groups is 2. The molecule has 0 fully saturated rings. The minimum Gasteiger partial charge on any atom is -0.497 e. The van der Waals surface area contributed by atoms with Crippen molar-refractivity contribution in [2.45, 2.75) is 12.5 Å². The van der Waals surface area contributed by atoms with Crippen molar-refractivity contribution < 1.29 is 14.4 Å². The molecule has 0 amide bonds. The Bertz CT molecular complexity index is 126. The van der Waals surface area contributed by atoms with Crippen LogP contribution in [0.15, 0.2) is 12.3 Å². The van der Waals surface area contributed by atoms with E-state index in [1.807, 2.05) is 6.08 Å². The van der Waals surface area contributed by atoms with Gasteiger partial charge < -0.3 is 4.74 Å². The van der Waals surface area contributed by atoms with Crippen molar-refractivity contribution in [3.63, 3.8) is 0 Å². The van der Waals surface area contributed by atoms with Gasteiger partial charge in [-0.25, -0.2) is 0 Å². The summed E-state index contributed by atoms with van der Waals surface area (Å²) < 4.78 is 5.20. The van der Waals surface area contributed by atoms with Gasteiger partial charge in [0.25, 0.3) is 0 Å². The van der Waals surface area contributed by atoms with Crippen LogP contribution in [0.4, 0.5) is 0 Å². The third-order valence-corrected chi connectivity index (χ3v) is 1.53. The van der Waals surface area contributed by atoms with Crippen molar-refractivity contribution in [1.82, 2.24) is 5.23 Å². The molecule has 4 heteroatoms. The standard InChI is InChI=1S/C7H13NO3/c1-9-8(10-2)6-7-4-3-5-11-7/h3,5,7H,4,6H2,1-2H3. The molecular formula is C7H13NO3. The minimum absolute atomic E-state index is 0.162. The molecule has 4 nitrogen and oxygen atoms in total. The summed E-state index contributed by atoms with van der Waals surface area (Å²) >= 11 is 0. The molecular weight excluding hydrogens is 146 g/mol. The van der Waals surface area contributed by atoms with E-state index in [4.69, 9.17) is 14.4 Å². The van der Waals surface area contributed by atoms with E-state index in [-0.39, 0.29) is 6.10 Å². The maximum absolute atomic E-state index is 5.20. The van der Waals surface area contributed by atoms with Gasteiger partial charge in [0.1, 0.15) is 6.10 Å². The zero-order valence-corrected chi connectivity index (χ0v) is 6.82. The van der Waals surface area contributed by atoms with Crippen LogP contribution in [0, 0.1) is 0 Å². The van der Waals surface area contributed by atoms with Crippen LogP contribution in [-0.2, 0) is 14.4 Å². The van der Waals surface area contributed by atoms with Gasteiger partial charge in [-0.05, 0) is 6.08 Å². The first kappa shape index (κ1) is 8.52. The molecule has 1 heterocycles. The Morgan fingerprint density at radius 3 is 2.73 bits per heavy atom. The molecule has 0 aromatic carbocycles. The first-order valence-corrected chi connectivity index (χ1v) is 3.53. The molecule has 1 atom stereocenters. The van der Waals surface area contributed by atoms with Gasteiger partial charge in [-0.2, -0.15) is 0 Å². The molecule has 11 heavy (non-hydrogen) atoms. The van der Waals surface area contributed by atoms with Crippen LogP contribution < -0.4 is 0 Å². The summed E-state index contributed by atoms with van der Waals surface area (Å²) in [6, 6.07) is 0. The van der Waals surface area contributed by atoms with Crippen molar-refractivity contribution in [2.24, 2.45) is 0 Å². The average Bonchev–Trinajstić information content (AvgIpc) is 2.52. The fourth-order valence-corrected chi connectivity index (χ4v) is 0.937. The van der Waals surface area contributed by atoms with E-state index < -0.39 is 0 Å². The summed E-state index contributed by atoms with van der Waals surface area (Å²) in [5, 5.41) is 1.39. The lowest BCUT2D eigenvalue weighted by Gasteiger charge is -2.19. The lowest BCUT2D eigenvalue weighted by Crippen LogP contribution is -2.30. The maximum atomic E-state index is 5.20. The molecule has 0 saturated heterocycles. The molecule has 1 unspecified atom stereocenters. The van der Waals surface area contributed by atoms with E-state index >= 15 is 0 Å². The van der Waals surface area contributed by atoms with E-state index in [0.717, 1.165) is 6.42 Å². The lowest BCUT2D eigenvalue weighted by atomic mass is 10.3. The quantitative estimate of drug-likeness (QED) is 0.565. The Morgan fingerprint density at radius 2 is 2.27 bits per heavy atom. The second-order valence-corrected chi connectivity index (χ2v) is 2.25. The summed E-state index contributed by atoms with van der Waals surface area (Å²) in [7, 11) is 3.12. The fraction of sp³-hybridized carbons (Fsp3) is 0.714. The van der Waals surface area contributed by atoms with Crippen molar-refractivity contribution >= 4 is 0 Å². The normalized spacial score (nSPS) is 22.6. The molecule has 0 aromatic heterocycles. The number of nitrogens with zero attached hydrogens (tertiary/aromatic N) is 1. The Balaban J connectivity index is 2.17. The predicted octanol–water partition coefficient (Wildman–Crippen LogP) is 0.714. The molecule has 0 aliphatic carbocycles. The summed E-state index contributed by atoms with van der Waals surface area (Å²) in [4.78, 5) is 9.73. The number of hydrogen-bond acceptors (Lipinski definition) is 4. The third kappa shape index (κ3) is 2.49. The van der Waals surface area contributed by atoms with Crippen LogP contribution in [0.1, 0.15) is 6.42 Å². The summed E-state index contributed by atoms with van der Waals surface area (Å²) in [6.07, 6.45) is 4.76. The molecule has 0 aromatic rings. The van der Waals surface area contributed by atoms with Gasteiger partial charge in [-0.15, -0.1) is 0 Å². The van der Waals surface area contributed by atoms with Gasteiger partial charge in [0.15, 0.2) is 0 Å². The highest BCUT2D eigenvalue weighted by Crippen LogP contribution is 2.10. The average molecular weight is 159 g/mol. The Kier molecular flexibility index (Phi) is 3.35. The molecule has 0 radical (unpaired) electrons. The minimum atomic E-state index is 0.162. The van der Waals surface area contributed by atoms with E-state index in [9.17, 15) is 0 Å². The van der Waals surface area contributed by atoms with Crippen molar-refractivity contribution in [1.29, 1.82) is 0 Å². The highest BCUT2D eigenvalue weighted by atomic mass is 16.9. The van der Waals surface area contributed by atoms with Crippen LogP contribution in [0.25, 0.3) is 0 Å². The molecule has 64 valence electrons. The van der Waals surface area contributed by atoms with Crippen LogP contribution in [-0.4, -0.2) is 32.1 Å². The molecule has 1 aliphatic heterocycles. The topological polar surface area (TPSA) is 30.9 Å². The smallest absolute Gasteiger partial charge is 0.119 e. The van der Waals surface area contributed by atoms with Crippen molar-refractivity contribution in [3.8, 4) is 0 Å². The van der Waals surface area contributed by atoms with E-state index in [1.165, 1.54) is 5.23 Å². The van der Waals surface area contributed by atoms with Gasteiger partial charge in [-0.1, -0.05) is 5.23 Å². The summed E-state index contributed by atoms with van der Waals surface area (Å²) in [5.74, 6) is 0. The zero-order valence-electron chi connectivity index (χ0n) is 6.82. The fourth-order valence-electron chi connectivity index (χ4n) is 0.937. The largest absolute Gasteiger partial charge is 0.497 e.